The monoisotopic (exact) mass is 236 g/mol. The molecular weight excluding hydrogens is 224 g/mol. The number of carbonyl (C=O) groups excluding carboxylic acids is 2. The van der Waals surface area contributed by atoms with Crippen molar-refractivity contribution in [3.05, 3.63) is 43.4 Å². The molecule has 0 aliphatic rings. The van der Waals surface area contributed by atoms with E-state index in [4.69, 9.17) is 9.15 Å². The molecule has 1 aromatic heterocycles. The second-order valence-electron chi connectivity index (χ2n) is 2.96. The number of hydrogen-bond donors (Lipinski definition) is 0. The van der Waals surface area contributed by atoms with E-state index in [9.17, 15) is 9.59 Å². The Bertz CT molecular complexity index is 416. The van der Waals surface area contributed by atoms with Gasteiger partial charge in [0, 0.05) is 6.08 Å². The van der Waals surface area contributed by atoms with Crippen LogP contribution in [-0.4, -0.2) is 25.2 Å². The lowest BCUT2D eigenvalue weighted by molar-refractivity contribution is -0.145. The molecule has 0 atom stereocenters. The van der Waals surface area contributed by atoms with Crippen LogP contribution in [-0.2, 0) is 19.1 Å². The number of ether oxygens (including phenoxy) is 2. The second-order valence-corrected chi connectivity index (χ2v) is 2.96. The third kappa shape index (κ3) is 3.98. The average molecular weight is 236 g/mol. The van der Waals surface area contributed by atoms with E-state index in [1.165, 1.54) is 6.26 Å². The van der Waals surface area contributed by atoms with Crippen molar-refractivity contribution >= 4 is 17.5 Å². The summed E-state index contributed by atoms with van der Waals surface area (Å²) >= 11 is 0. The highest BCUT2D eigenvalue weighted by Crippen LogP contribution is 2.13. The zero-order chi connectivity index (χ0) is 12.7. The maximum absolute atomic E-state index is 11.4. The molecule has 0 bridgehead atoms. The van der Waals surface area contributed by atoms with Crippen LogP contribution >= 0.6 is 0 Å². The normalized spacial score (nSPS) is 9.41. The van der Waals surface area contributed by atoms with Crippen molar-refractivity contribution in [2.45, 2.75) is 0 Å². The predicted octanol–water partition coefficient (Wildman–Crippen LogP) is 1.57. The Morgan fingerprint density at radius 1 is 1.35 bits per heavy atom. The minimum atomic E-state index is -0.616. The lowest BCUT2D eigenvalue weighted by Crippen LogP contribution is -2.13. The summed E-state index contributed by atoms with van der Waals surface area (Å²) in [6.07, 6.45) is 2.46. The quantitative estimate of drug-likeness (QED) is 0.426. The summed E-state index contributed by atoms with van der Waals surface area (Å²) < 4.78 is 14.4. The van der Waals surface area contributed by atoms with E-state index < -0.39 is 11.9 Å². The van der Waals surface area contributed by atoms with Gasteiger partial charge in [-0.05, 0) is 12.1 Å². The van der Waals surface area contributed by atoms with Gasteiger partial charge < -0.3 is 13.9 Å². The number of carbonyl (C=O) groups is 2. The first-order valence-corrected chi connectivity index (χ1v) is 4.84. The van der Waals surface area contributed by atoms with Gasteiger partial charge in [-0.15, -0.1) is 0 Å². The molecule has 0 fully saturated rings. The maximum Gasteiger partial charge on any atom is 0.341 e. The Hall–Kier alpha value is -2.30. The van der Waals surface area contributed by atoms with E-state index in [0.29, 0.717) is 5.76 Å². The van der Waals surface area contributed by atoms with Crippen molar-refractivity contribution in [1.82, 2.24) is 0 Å². The highest BCUT2D eigenvalue weighted by molar-refractivity contribution is 6.14. The molecule has 0 amide bonds. The molecule has 0 saturated heterocycles. The van der Waals surface area contributed by atoms with Gasteiger partial charge in [0.1, 0.15) is 19.0 Å². The van der Waals surface area contributed by atoms with Crippen molar-refractivity contribution < 1.29 is 23.5 Å². The van der Waals surface area contributed by atoms with Gasteiger partial charge in [0.05, 0.1) is 11.8 Å². The zero-order valence-corrected chi connectivity index (χ0v) is 9.18. The Balaban J connectivity index is 2.28. The van der Waals surface area contributed by atoms with E-state index in [0.717, 1.165) is 6.08 Å². The van der Waals surface area contributed by atoms with Crippen LogP contribution in [0.15, 0.2) is 42.0 Å². The van der Waals surface area contributed by atoms with Crippen molar-refractivity contribution in [3.8, 4) is 0 Å². The number of furan rings is 1. The molecule has 0 aromatic carbocycles. The molecular formula is C12H12O5. The summed E-state index contributed by atoms with van der Waals surface area (Å²) in [6, 6.07) is 3.24. The molecule has 1 heterocycles. The topological polar surface area (TPSA) is 65.7 Å². The molecule has 0 aliphatic carbocycles. The van der Waals surface area contributed by atoms with E-state index in [2.05, 4.69) is 17.9 Å². The minimum Gasteiger partial charge on any atom is -0.464 e. The highest BCUT2D eigenvalue weighted by atomic mass is 16.6. The van der Waals surface area contributed by atoms with Crippen LogP contribution in [0.1, 0.15) is 5.76 Å². The predicted molar refractivity (Wildman–Crippen MR) is 59.9 cm³/mol. The van der Waals surface area contributed by atoms with Crippen LogP contribution in [0.5, 0.6) is 0 Å². The first-order valence-electron chi connectivity index (χ1n) is 4.84. The van der Waals surface area contributed by atoms with E-state index in [-0.39, 0.29) is 18.8 Å². The van der Waals surface area contributed by atoms with Gasteiger partial charge in [0.25, 0.3) is 0 Å². The Labute approximate surface area is 98.3 Å². The summed E-state index contributed by atoms with van der Waals surface area (Å²) in [5.41, 5.74) is 0.116. The summed E-state index contributed by atoms with van der Waals surface area (Å²) in [5.74, 6) is -0.835. The fraction of sp³-hybridized carbons (Fsp3) is 0.167. The summed E-state index contributed by atoms with van der Waals surface area (Å²) in [5, 5.41) is 0. The van der Waals surface area contributed by atoms with Gasteiger partial charge in [-0.1, -0.05) is 13.2 Å². The molecule has 5 heteroatoms. The van der Waals surface area contributed by atoms with Crippen LogP contribution in [0, 0.1) is 0 Å². The van der Waals surface area contributed by atoms with Crippen LogP contribution < -0.4 is 0 Å². The first-order chi connectivity index (χ1) is 8.15. The lowest BCUT2D eigenvalue weighted by atomic mass is 10.2. The fourth-order valence-electron chi connectivity index (χ4n) is 0.974. The highest BCUT2D eigenvalue weighted by Gasteiger charge is 2.13. The number of hydrogen-bond acceptors (Lipinski definition) is 5. The van der Waals surface area contributed by atoms with Crippen LogP contribution in [0.25, 0.3) is 5.57 Å². The van der Waals surface area contributed by atoms with Crippen LogP contribution in [0.3, 0.4) is 0 Å². The first kappa shape index (κ1) is 12.8. The smallest absolute Gasteiger partial charge is 0.341 e. The molecule has 0 N–H and O–H groups in total. The van der Waals surface area contributed by atoms with E-state index >= 15 is 0 Å². The number of esters is 2. The number of rotatable bonds is 6. The molecule has 1 rings (SSSR count). The Kier molecular flexibility index (Phi) is 4.75. The van der Waals surface area contributed by atoms with Gasteiger partial charge in [-0.2, -0.15) is 0 Å². The second kappa shape index (κ2) is 6.32. The largest absolute Gasteiger partial charge is 0.464 e. The van der Waals surface area contributed by atoms with Crippen molar-refractivity contribution in [2.75, 3.05) is 13.2 Å². The molecule has 0 unspecified atom stereocenters. The van der Waals surface area contributed by atoms with Crippen LogP contribution in [0.2, 0.25) is 0 Å². The molecule has 1 aromatic rings. The zero-order valence-electron chi connectivity index (χ0n) is 9.18. The van der Waals surface area contributed by atoms with Crippen LogP contribution in [0.4, 0.5) is 0 Å². The van der Waals surface area contributed by atoms with Gasteiger partial charge in [0.2, 0.25) is 0 Å². The SMILES string of the molecule is C=CC(=O)OCCOC(=O)C(=C)c1ccco1. The molecule has 5 nitrogen and oxygen atoms in total. The molecule has 17 heavy (non-hydrogen) atoms. The summed E-state index contributed by atoms with van der Waals surface area (Å²) in [6.45, 7) is 6.69. The summed E-state index contributed by atoms with van der Waals surface area (Å²) in [7, 11) is 0. The molecule has 0 aliphatic heterocycles. The minimum absolute atomic E-state index is 0.0258. The summed E-state index contributed by atoms with van der Waals surface area (Å²) in [4.78, 5) is 22.1. The van der Waals surface area contributed by atoms with Crippen molar-refractivity contribution in [1.29, 1.82) is 0 Å². The fourth-order valence-corrected chi connectivity index (χ4v) is 0.974. The molecule has 90 valence electrons. The molecule has 0 spiro atoms. The van der Waals surface area contributed by atoms with Gasteiger partial charge in [-0.3, -0.25) is 0 Å². The average Bonchev–Trinajstić information content (AvgIpc) is 2.86. The Morgan fingerprint density at radius 2 is 2.06 bits per heavy atom. The third-order valence-corrected chi connectivity index (χ3v) is 1.79. The van der Waals surface area contributed by atoms with Gasteiger partial charge >= 0.3 is 11.9 Å². The maximum atomic E-state index is 11.4. The molecule has 0 radical (unpaired) electrons. The molecule has 0 saturated carbocycles. The van der Waals surface area contributed by atoms with E-state index in [1.54, 1.807) is 12.1 Å². The standard InChI is InChI=1S/C12H12O5/c1-3-11(13)16-7-8-17-12(14)9(2)10-5-4-6-15-10/h3-6H,1-2,7-8H2. The third-order valence-electron chi connectivity index (χ3n) is 1.79. The van der Waals surface area contributed by atoms with E-state index in [1.807, 2.05) is 0 Å². The van der Waals surface area contributed by atoms with Gasteiger partial charge in [-0.25, -0.2) is 9.59 Å². The Morgan fingerprint density at radius 3 is 2.65 bits per heavy atom. The van der Waals surface area contributed by atoms with Gasteiger partial charge in [0.15, 0.2) is 0 Å². The lowest BCUT2D eigenvalue weighted by Gasteiger charge is -2.05. The van der Waals surface area contributed by atoms with Crippen molar-refractivity contribution in [2.24, 2.45) is 0 Å². The van der Waals surface area contributed by atoms with Crippen molar-refractivity contribution in [3.63, 3.8) is 0 Å².